The Hall–Kier alpha value is -1.55. The highest BCUT2D eigenvalue weighted by Gasteiger charge is 2.06. The molecule has 0 bridgehead atoms. The summed E-state index contributed by atoms with van der Waals surface area (Å²) in [6.07, 6.45) is 0.810. The number of nitrogens with one attached hydrogen (secondary N) is 1. The normalized spacial score (nSPS) is 10.9. The van der Waals surface area contributed by atoms with Crippen LogP contribution in [0.5, 0.6) is 5.75 Å². The van der Waals surface area contributed by atoms with E-state index in [1.165, 1.54) is 0 Å². The molecule has 0 spiro atoms. The summed E-state index contributed by atoms with van der Waals surface area (Å²) in [4.78, 5) is 4.41. The largest absolute Gasteiger partial charge is 0.497 e. The molecule has 1 aromatic carbocycles. The zero-order chi connectivity index (χ0) is 11.4. The zero-order valence-corrected chi connectivity index (χ0v) is 9.62. The van der Waals surface area contributed by atoms with Crippen molar-refractivity contribution >= 4 is 11.1 Å². The Morgan fingerprint density at radius 1 is 1.44 bits per heavy atom. The summed E-state index contributed by atoms with van der Waals surface area (Å²) in [6, 6.07) is 5.65. The molecule has 0 atom stereocenters. The van der Waals surface area contributed by atoms with Crippen LogP contribution >= 0.6 is 0 Å². The number of fused-ring (bicyclic) bond motifs is 1. The van der Waals surface area contributed by atoms with Crippen LogP contribution in [0.2, 0.25) is 0 Å². The first-order valence-corrected chi connectivity index (χ1v) is 5.47. The van der Waals surface area contributed by atoms with Crippen LogP contribution in [-0.2, 0) is 6.42 Å². The second-order valence-electron chi connectivity index (χ2n) is 3.54. The van der Waals surface area contributed by atoms with Crippen molar-refractivity contribution in [2.75, 3.05) is 20.2 Å². The molecule has 86 valence electrons. The number of likely N-dealkylation sites (N-methyl/N-ethyl adjacent to an activating group) is 1. The number of hydrogen-bond acceptors (Lipinski definition) is 4. The Bertz CT molecular complexity index is 465. The molecule has 2 rings (SSSR count). The number of oxazole rings is 1. The molecule has 2 aromatic rings. The zero-order valence-electron chi connectivity index (χ0n) is 9.62. The number of hydrogen-bond donors (Lipinski definition) is 1. The first-order valence-electron chi connectivity index (χ1n) is 5.47. The van der Waals surface area contributed by atoms with Gasteiger partial charge in [0, 0.05) is 19.0 Å². The summed E-state index contributed by atoms with van der Waals surface area (Å²) in [5.74, 6) is 1.57. The van der Waals surface area contributed by atoms with Gasteiger partial charge in [-0.15, -0.1) is 0 Å². The lowest BCUT2D eigenvalue weighted by Gasteiger charge is -1.95. The van der Waals surface area contributed by atoms with Gasteiger partial charge in [-0.25, -0.2) is 4.98 Å². The smallest absolute Gasteiger partial charge is 0.196 e. The van der Waals surface area contributed by atoms with E-state index < -0.39 is 0 Å². The molecule has 0 amide bonds. The van der Waals surface area contributed by atoms with Crippen LogP contribution in [0.25, 0.3) is 11.1 Å². The van der Waals surface area contributed by atoms with Gasteiger partial charge in [0.15, 0.2) is 11.5 Å². The third-order valence-electron chi connectivity index (χ3n) is 2.40. The lowest BCUT2D eigenvalue weighted by atomic mass is 10.3. The molecule has 4 heteroatoms. The second kappa shape index (κ2) is 4.99. The topological polar surface area (TPSA) is 47.3 Å². The van der Waals surface area contributed by atoms with Crippen molar-refractivity contribution < 1.29 is 9.15 Å². The fourth-order valence-electron chi connectivity index (χ4n) is 1.56. The van der Waals surface area contributed by atoms with E-state index in [9.17, 15) is 0 Å². The number of benzene rings is 1. The molecule has 1 aromatic heterocycles. The van der Waals surface area contributed by atoms with Crippen molar-refractivity contribution in [2.24, 2.45) is 0 Å². The van der Waals surface area contributed by atoms with E-state index in [0.717, 1.165) is 42.3 Å². The molecule has 1 heterocycles. The Balaban J connectivity index is 2.16. The Morgan fingerprint density at radius 3 is 3.06 bits per heavy atom. The van der Waals surface area contributed by atoms with Crippen LogP contribution in [0.1, 0.15) is 12.8 Å². The molecular formula is C12H16N2O2. The number of rotatable bonds is 5. The van der Waals surface area contributed by atoms with Crippen molar-refractivity contribution in [3.63, 3.8) is 0 Å². The molecule has 4 nitrogen and oxygen atoms in total. The van der Waals surface area contributed by atoms with Crippen LogP contribution in [-0.4, -0.2) is 25.2 Å². The minimum atomic E-state index is 0.768. The predicted molar refractivity (Wildman–Crippen MR) is 62.8 cm³/mol. The Morgan fingerprint density at radius 2 is 2.31 bits per heavy atom. The van der Waals surface area contributed by atoms with Crippen LogP contribution in [0.4, 0.5) is 0 Å². The van der Waals surface area contributed by atoms with Crippen molar-refractivity contribution in [3.8, 4) is 5.75 Å². The number of aromatic nitrogens is 1. The van der Waals surface area contributed by atoms with E-state index in [1.807, 2.05) is 18.2 Å². The van der Waals surface area contributed by atoms with E-state index in [2.05, 4.69) is 17.2 Å². The van der Waals surface area contributed by atoms with Gasteiger partial charge in [-0.1, -0.05) is 6.92 Å². The molecule has 0 unspecified atom stereocenters. The first kappa shape index (κ1) is 11.0. The summed E-state index contributed by atoms with van der Waals surface area (Å²) >= 11 is 0. The maximum Gasteiger partial charge on any atom is 0.196 e. The van der Waals surface area contributed by atoms with Gasteiger partial charge in [0.2, 0.25) is 0 Å². The van der Waals surface area contributed by atoms with Crippen LogP contribution in [0, 0.1) is 0 Å². The highest BCUT2D eigenvalue weighted by molar-refractivity contribution is 5.74. The maximum absolute atomic E-state index is 5.61. The van der Waals surface area contributed by atoms with Crippen molar-refractivity contribution in [1.29, 1.82) is 0 Å². The molecule has 0 radical (unpaired) electrons. The highest BCUT2D eigenvalue weighted by atomic mass is 16.5. The molecule has 16 heavy (non-hydrogen) atoms. The van der Waals surface area contributed by atoms with E-state index in [1.54, 1.807) is 7.11 Å². The fourth-order valence-corrected chi connectivity index (χ4v) is 1.56. The second-order valence-corrected chi connectivity index (χ2v) is 3.54. The van der Waals surface area contributed by atoms with Crippen molar-refractivity contribution in [1.82, 2.24) is 10.3 Å². The minimum Gasteiger partial charge on any atom is -0.497 e. The number of ether oxygens (including phenoxy) is 1. The van der Waals surface area contributed by atoms with E-state index in [-0.39, 0.29) is 0 Å². The van der Waals surface area contributed by atoms with Crippen LogP contribution in [0.3, 0.4) is 0 Å². The standard InChI is InChI=1S/C12H16N2O2/c1-3-13-7-6-12-14-10-8-9(15-2)4-5-11(10)16-12/h4-5,8,13H,3,6-7H2,1-2H3. The average molecular weight is 220 g/mol. The molecule has 1 N–H and O–H groups in total. The van der Waals surface area contributed by atoms with Crippen LogP contribution in [0.15, 0.2) is 22.6 Å². The van der Waals surface area contributed by atoms with E-state index in [4.69, 9.17) is 9.15 Å². The Labute approximate surface area is 94.6 Å². The quantitative estimate of drug-likeness (QED) is 0.783. The summed E-state index contributed by atoms with van der Waals surface area (Å²) in [6.45, 7) is 3.94. The average Bonchev–Trinajstić information content (AvgIpc) is 2.70. The van der Waals surface area contributed by atoms with Gasteiger partial charge in [-0.05, 0) is 18.7 Å². The lowest BCUT2D eigenvalue weighted by molar-refractivity contribution is 0.415. The fraction of sp³-hybridized carbons (Fsp3) is 0.417. The van der Waals surface area contributed by atoms with Gasteiger partial charge in [0.05, 0.1) is 7.11 Å². The maximum atomic E-state index is 5.61. The third kappa shape index (κ3) is 2.33. The van der Waals surface area contributed by atoms with Gasteiger partial charge in [-0.3, -0.25) is 0 Å². The SMILES string of the molecule is CCNCCc1nc2cc(OC)ccc2o1. The summed E-state index contributed by atoms with van der Waals surface area (Å²) in [5, 5.41) is 3.24. The Kier molecular flexibility index (Phi) is 3.41. The molecule has 0 fully saturated rings. The van der Waals surface area contributed by atoms with E-state index in [0.29, 0.717) is 0 Å². The van der Waals surface area contributed by atoms with Gasteiger partial charge < -0.3 is 14.5 Å². The predicted octanol–water partition coefficient (Wildman–Crippen LogP) is 1.99. The molecule has 0 aliphatic carbocycles. The van der Waals surface area contributed by atoms with Crippen LogP contribution < -0.4 is 10.1 Å². The molecule has 0 aliphatic rings. The van der Waals surface area contributed by atoms with Gasteiger partial charge in [0.1, 0.15) is 11.3 Å². The highest BCUT2D eigenvalue weighted by Crippen LogP contribution is 2.21. The van der Waals surface area contributed by atoms with Gasteiger partial charge >= 0.3 is 0 Å². The molecular weight excluding hydrogens is 204 g/mol. The third-order valence-corrected chi connectivity index (χ3v) is 2.40. The van der Waals surface area contributed by atoms with E-state index >= 15 is 0 Å². The monoisotopic (exact) mass is 220 g/mol. The molecule has 0 aliphatic heterocycles. The minimum absolute atomic E-state index is 0.768. The van der Waals surface area contributed by atoms with Crippen molar-refractivity contribution in [2.45, 2.75) is 13.3 Å². The lowest BCUT2D eigenvalue weighted by Crippen LogP contribution is -2.16. The van der Waals surface area contributed by atoms with Gasteiger partial charge in [0.25, 0.3) is 0 Å². The molecule has 0 saturated carbocycles. The van der Waals surface area contributed by atoms with Gasteiger partial charge in [-0.2, -0.15) is 0 Å². The molecule has 0 saturated heterocycles. The summed E-state index contributed by atoms with van der Waals surface area (Å²) < 4.78 is 10.7. The van der Waals surface area contributed by atoms with Crippen molar-refractivity contribution in [3.05, 3.63) is 24.1 Å². The summed E-state index contributed by atoms with van der Waals surface area (Å²) in [5.41, 5.74) is 1.66. The first-order chi connectivity index (χ1) is 7.83. The number of methoxy groups -OCH3 is 1. The number of nitrogens with zero attached hydrogens (tertiary/aromatic N) is 1. The summed E-state index contributed by atoms with van der Waals surface area (Å²) in [7, 11) is 1.65.